The fraction of sp³-hybridized carbons (Fsp3) is 0.235. The summed E-state index contributed by atoms with van der Waals surface area (Å²) < 4.78 is 13.8. The fourth-order valence-corrected chi connectivity index (χ4v) is 2.38. The quantitative estimate of drug-likeness (QED) is 0.883. The van der Waals surface area contributed by atoms with Crippen LogP contribution in [0.2, 0.25) is 0 Å². The van der Waals surface area contributed by atoms with E-state index in [2.05, 4.69) is 10.3 Å². The van der Waals surface area contributed by atoms with Gasteiger partial charge in [0.25, 0.3) is 5.91 Å². The molecule has 6 nitrogen and oxygen atoms in total. The highest BCUT2D eigenvalue weighted by Gasteiger charge is 2.20. The van der Waals surface area contributed by atoms with Crippen LogP contribution in [-0.4, -0.2) is 28.4 Å². The molecule has 3 N–H and O–H groups in total. The van der Waals surface area contributed by atoms with Crippen LogP contribution in [0.3, 0.4) is 0 Å². The summed E-state index contributed by atoms with van der Waals surface area (Å²) in [7, 11) is 0. The summed E-state index contributed by atoms with van der Waals surface area (Å²) in [4.78, 5) is 29.2. The average Bonchev–Trinajstić information content (AvgIpc) is 2.56. The summed E-state index contributed by atoms with van der Waals surface area (Å²) in [6, 6.07) is 6.86. The first-order chi connectivity index (χ1) is 11.4. The highest BCUT2D eigenvalue weighted by atomic mass is 19.1. The second kappa shape index (κ2) is 7.54. The number of hydrogen-bond acceptors (Lipinski definition) is 3. The largest absolute Gasteiger partial charge is 0.366 e. The molecule has 0 fully saturated rings. The number of rotatable bonds is 5. The van der Waals surface area contributed by atoms with E-state index in [1.165, 1.54) is 12.1 Å². The maximum absolute atomic E-state index is 13.8. The Labute approximate surface area is 139 Å². The van der Waals surface area contributed by atoms with E-state index < -0.39 is 11.7 Å². The van der Waals surface area contributed by atoms with Gasteiger partial charge in [-0.3, -0.25) is 9.78 Å². The third-order valence-corrected chi connectivity index (χ3v) is 3.72. The normalized spacial score (nSPS) is 11.6. The highest BCUT2D eigenvalue weighted by molar-refractivity contribution is 5.94. The van der Waals surface area contributed by atoms with Crippen molar-refractivity contribution in [2.45, 2.75) is 19.9 Å². The van der Waals surface area contributed by atoms with Gasteiger partial charge in [0.05, 0.1) is 11.6 Å². The molecule has 2 rings (SSSR count). The summed E-state index contributed by atoms with van der Waals surface area (Å²) in [6.07, 6.45) is 3.36. The highest BCUT2D eigenvalue weighted by Crippen LogP contribution is 2.21. The smallest absolute Gasteiger partial charge is 0.322 e. The number of amides is 3. The molecule has 1 unspecified atom stereocenters. The van der Waals surface area contributed by atoms with Crippen molar-refractivity contribution in [3.63, 3.8) is 0 Å². The van der Waals surface area contributed by atoms with E-state index in [1.54, 1.807) is 23.4 Å². The second-order valence-corrected chi connectivity index (χ2v) is 5.24. The Bertz CT molecular complexity index is 737. The predicted molar refractivity (Wildman–Crippen MR) is 89.0 cm³/mol. The fourth-order valence-electron chi connectivity index (χ4n) is 2.38. The molecular weight excluding hydrogens is 311 g/mol. The minimum Gasteiger partial charge on any atom is -0.366 e. The van der Waals surface area contributed by atoms with E-state index in [4.69, 9.17) is 5.73 Å². The monoisotopic (exact) mass is 330 g/mol. The number of primary amides is 1. The molecule has 0 radical (unpaired) electrons. The molecule has 1 aromatic heterocycles. The molecule has 0 bridgehead atoms. The standard InChI is InChI=1S/C17H19FN4O2/c1-3-22(11(2)12-5-4-8-20-10-12)17(24)21-13-6-7-14(16(19)23)15(18)9-13/h4-11H,3H2,1-2H3,(H2,19,23)(H,21,24). The maximum atomic E-state index is 13.8. The Morgan fingerprint density at radius 3 is 2.67 bits per heavy atom. The van der Waals surface area contributed by atoms with Crippen molar-refractivity contribution in [2.75, 3.05) is 11.9 Å². The second-order valence-electron chi connectivity index (χ2n) is 5.24. The van der Waals surface area contributed by atoms with Crippen molar-refractivity contribution in [2.24, 2.45) is 5.73 Å². The van der Waals surface area contributed by atoms with Crippen LogP contribution in [0.5, 0.6) is 0 Å². The van der Waals surface area contributed by atoms with Crippen molar-refractivity contribution in [1.82, 2.24) is 9.88 Å². The van der Waals surface area contributed by atoms with Gasteiger partial charge in [-0.2, -0.15) is 0 Å². The van der Waals surface area contributed by atoms with Gasteiger partial charge in [0.2, 0.25) is 0 Å². The molecule has 3 amide bonds. The molecule has 0 aliphatic heterocycles. The molecule has 24 heavy (non-hydrogen) atoms. The minimum atomic E-state index is -0.856. The third-order valence-electron chi connectivity index (χ3n) is 3.72. The van der Waals surface area contributed by atoms with E-state index in [0.717, 1.165) is 11.6 Å². The van der Waals surface area contributed by atoms with Crippen molar-refractivity contribution >= 4 is 17.6 Å². The number of urea groups is 1. The van der Waals surface area contributed by atoms with E-state index in [0.29, 0.717) is 6.54 Å². The number of halogens is 1. The summed E-state index contributed by atoms with van der Waals surface area (Å²) in [5.74, 6) is -1.63. The molecule has 126 valence electrons. The van der Waals surface area contributed by atoms with Crippen LogP contribution >= 0.6 is 0 Å². The van der Waals surface area contributed by atoms with Gasteiger partial charge in [-0.15, -0.1) is 0 Å². The number of carbonyl (C=O) groups excluding carboxylic acids is 2. The maximum Gasteiger partial charge on any atom is 0.322 e. The predicted octanol–water partition coefficient (Wildman–Crippen LogP) is 2.93. The van der Waals surface area contributed by atoms with Gasteiger partial charge in [0.1, 0.15) is 5.82 Å². The van der Waals surface area contributed by atoms with Gasteiger partial charge in [-0.25, -0.2) is 9.18 Å². The number of pyridine rings is 1. The lowest BCUT2D eigenvalue weighted by Crippen LogP contribution is -2.37. The van der Waals surface area contributed by atoms with Crippen LogP contribution in [0.15, 0.2) is 42.7 Å². The van der Waals surface area contributed by atoms with Gasteiger partial charge in [-0.05, 0) is 43.7 Å². The summed E-state index contributed by atoms with van der Waals surface area (Å²) >= 11 is 0. The Balaban J connectivity index is 2.15. The zero-order chi connectivity index (χ0) is 17.7. The van der Waals surface area contributed by atoms with Crippen LogP contribution in [-0.2, 0) is 0 Å². The lowest BCUT2D eigenvalue weighted by Gasteiger charge is -2.28. The van der Waals surface area contributed by atoms with Gasteiger partial charge in [-0.1, -0.05) is 6.07 Å². The number of carbonyl (C=O) groups is 2. The van der Waals surface area contributed by atoms with Gasteiger partial charge >= 0.3 is 6.03 Å². The van der Waals surface area contributed by atoms with Crippen LogP contribution in [0.1, 0.15) is 35.8 Å². The zero-order valence-corrected chi connectivity index (χ0v) is 13.5. The van der Waals surface area contributed by atoms with Crippen LogP contribution in [0, 0.1) is 5.82 Å². The molecule has 7 heteroatoms. The van der Waals surface area contributed by atoms with Crippen molar-refractivity contribution in [1.29, 1.82) is 0 Å². The van der Waals surface area contributed by atoms with Gasteiger partial charge in [0.15, 0.2) is 0 Å². The minimum absolute atomic E-state index is 0.196. The topological polar surface area (TPSA) is 88.3 Å². The number of benzene rings is 1. The summed E-state index contributed by atoms with van der Waals surface area (Å²) in [5, 5.41) is 2.63. The lowest BCUT2D eigenvalue weighted by molar-refractivity contribution is 0.0996. The van der Waals surface area contributed by atoms with Gasteiger partial charge in [0, 0.05) is 24.6 Å². The number of nitrogens with one attached hydrogen (secondary N) is 1. The Morgan fingerprint density at radius 2 is 2.12 bits per heavy atom. The summed E-state index contributed by atoms with van der Waals surface area (Å²) in [5.41, 5.74) is 5.98. The van der Waals surface area contributed by atoms with Crippen LogP contribution < -0.4 is 11.1 Å². The molecule has 1 atom stereocenters. The van der Waals surface area contributed by atoms with Crippen molar-refractivity contribution < 1.29 is 14.0 Å². The SMILES string of the molecule is CCN(C(=O)Nc1ccc(C(N)=O)c(F)c1)C(C)c1cccnc1. The molecule has 0 aliphatic carbocycles. The summed E-state index contributed by atoms with van der Waals surface area (Å²) in [6.45, 7) is 4.20. The molecular formula is C17H19FN4O2. The molecule has 0 saturated heterocycles. The first-order valence-electron chi connectivity index (χ1n) is 7.51. The third kappa shape index (κ3) is 3.87. The number of hydrogen-bond donors (Lipinski definition) is 2. The van der Waals surface area contributed by atoms with E-state index in [-0.39, 0.29) is 23.3 Å². The first kappa shape index (κ1) is 17.4. The zero-order valence-electron chi connectivity index (χ0n) is 13.5. The van der Waals surface area contributed by atoms with E-state index in [9.17, 15) is 14.0 Å². The molecule has 1 heterocycles. The number of nitrogens with zero attached hydrogens (tertiary/aromatic N) is 2. The number of nitrogens with two attached hydrogens (primary N) is 1. The Morgan fingerprint density at radius 1 is 1.38 bits per heavy atom. The Hall–Kier alpha value is -2.96. The number of aromatic nitrogens is 1. The Kier molecular flexibility index (Phi) is 5.47. The van der Waals surface area contributed by atoms with E-state index >= 15 is 0 Å². The van der Waals surface area contributed by atoms with Crippen LogP contribution in [0.4, 0.5) is 14.9 Å². The molecule has 0 aliphatic rings. The van der Waals surface area contributed by atoms with Crippen molar-refractivity contribution in [3.05, 3.63) is 59.7 Å². The first-order valence-corrected chi connectivity index (χ1v) is 7.51. The van der Waals surface area contributed by atoms with Crippen LogP contribution in [0.25, 0.3) is 0 Å². The van der Waals surface area contributed by atoms with Crippen molar-refractivity contribution in [3.8, 4) is 0 Å². The van der Waals surface area contributed by atoms with E-state index in [1.807, 2.05) is 19.9 Å². The molecule has 1 aromatic carbocycles. The number of anilines is 1. The molecule has 2 aromatic rings. The van der Waals surface area contributed by atoms with Gasteiger partial charge < -0.3 is 16.0 Å². The molecule has 0 saturated carbocycles. The lowest BCUT2D eigenvalue weighted by atomic mass is 10.1. The average molecular weight is 330 g/mol. The molecule has 0 spiro atoms.